The van der Waals surface area contributed by atoms with E-state index < -0.39 is 6.04 Å². The first-order chi connectivity index (χ1) is 14.5. The summed E-state index contributed by atoms with van der Waals surface area (Å²) in [6.45, 7) is 5.21. The van der Waals surface area contributed by atoms with Gasteiger partial charge in [-0.3, -0.25) is 9.59 Å². The Balaban J connectivity index is 2.08. The minimum atomic E-state index is -0.455. The van der Waals surface area contributed by atoms with Gasteiger partial charge in [-0.25, -0.2) is 0 Å². The summed E-state index contributed by atoms with van der Waals surface area (Å²) in [5, 5.41) is 3.67. The Morgan fingerprint density at radius 2 is 1.77 bits per heavy atom. The summed E-state index contributed by atoms with van der Waals surface area (Å²) < 4.78 is 0. The molecule has 6 heteroatoms. The molecule has 0 fully saturated rings. The van der Waals surface area contributed by atoms with Crippen LogP contribution in [-0.4, -0.2) is 41.6 Å². The van der Waals surface area contributed by atoms with E-state index in [0.717, 1.165) is 29.7 Å². The first-order valence-electron chi connectivity index (χ1n) is 10.5. The first-order valence-corrected chi connectivity index (χ1v) is 11.9. The Morgan fingerprint density at radius 1 is 1.07 bits per heavy atom. The van der Waals surface area contributed by atoms with Crippen LogP contribution in [0, 0.1) is 0 Å². The number of nitrogens with one attached hydrogen (secondary N) is 1. The monoisotopic (exact) mass is 446 g/mol. The third-order valence-electron chi connectivity index (χ3n) is 4.88. The van der Waals surface area contributed by atoms with Crippen LogP contribution in [-0.2, 0) is 16.0 Å². The van der Waals surface area contributed by atoms with Crippen molar-refractivity contribution in [2.45, 2.75) is 50.5 Å². The standard InChI is InChI=1S/C24H31ClN2O2S/c1-3-5-16-26-24(29)22(4-2)27(17-15-19-9-7-6-8-10-19)23(28)18-30-21-13-11-20(25)12-14-21/h6-14,22H,3-5,15-18H2,1-2H3,(H,26,29). The van der Waals surface area contributed by atoms with Crippen LogP contribution in [0.25, 0.3) is 0 Å². The van der Waals surface area contributed by atoms with Gasteiger partial charge in [-0.05, 0) is 49.1 Å². The molecule has 1 unspecified atom stereocenters. The zero-order valence-corrected chi connectivity index (χ0v) is 19.3. The van der Waals surface area contributed by atoms with Gasteiger partial charge in [0.05, 0.1) is 5.75 Å². The number of rotatable bonds is 12. The minimum Gasteiger partial charge on any atom is -0.354 e. The van der Waals surface area contributed by atoms with E-state index in [1.807, 2.05) is 61.5 Å². The van der Waals surface area contributed by atoms with Crippen LogP contribution in [0.5, 0.6) is 0 Å². The molecular formula is C24H31ClN2O2S. The number of carbonyl (C=O) groups excluding carboxylic acids is 2. The number of halogens is 1. The lowest BCUT2D eigenvalue weighted by Crippen LogP contribution is -2.50. The predicted octanol–water partition coefficient (Wildman–Crippen LogP) is 5.20. The number of nitrogens with zero attached hydrogens (tertiary/aromatic N) is 1. The number of benzene rings is 2. The lowest BCUT2D eigenvalue weighted by molar-refractivity contribution is -0.138. The van der Waals surface area contributed by atoms with E-state index in [4.69, 9.17) is 11.6 Å². The molecule has 30 heavy (non-hydrogen) atoms. The van der Waals surface area contributed by atoms with Crippen LogP contribution in [0.3, 0.4) is 0 Å². The second-order valence-electron chi connectivity index (χ2n) is 7.13. The Kier molecular flexibility index (Phi) is 10.8. The number of unbranched alkanes of at least 4 members (excludes halogenated alkanes) is 1. The molecule has 0 aromatic heterocycles. The maximum Gasteiger partial charge on any atom is 0.242 e. The van der Waals surface area contributed by atoms with E-state index in [2.05, 4.69) is 12.2 Å². The van der Waals surface area contributed by atoms with Crippen molar-refractivity contribution in [2.24, 2.45) is 0 Å². The summed E-state index contributed by atoms with van der Waals surface area (Å²) in [6, 6.07) is 17.1. The van der Waals surface area contributed by atoms with Crippen LogP contribution in [0.2, 0.25) is 5.02 Å². The molecule has 1 atom stereocenters. The topological polar surface area (TPSA) is 49.4 Å². The Morgan fingerprint density at radius 3 is 2.40 bits per heavy atom. The third-order valence-corrected chi connectivity index (χ3v) is 6.12. The molecule has 0 aliphatic rings. The molecule has 0 saturated heterocycles. The van der Waals surface area contributed by atoms with Crippen LogP contribution in [0.15, 0.2) is 59.5 Å². The molecule has 4 nitrogen and oxygen atoms in total. The molecule has 0 aliphatic heterocycles. The zero-order valence-electron chi connectivity index (χ0n) is 17.8. The molecule has 2 aromatic carbocycles. The van der Waals surface area contributed by atoms with Gasteiger partial charge < -0.3 is 10.2 Å². The highest BCUT2D eigenvalue weighted by atomic mass is 35.5. The van der Waals surface area contributed by atoms with Crippen molar-refractivity contribution in [1.29, 1.82) is 0 Å². The summed E-state index contributed by atoms with van der Waals surface area (Å²) in [4.78, 5) is 28.7. The normalized spacial score (nSPS) is 11.7. The van der Waals surface area contributed by atoms with Crippen molar-refractivity contribution >= 4 is 35.2 Å². The predicted molar refractivity (Wildman–Crippen MR) is 126 cm³/mol. The van der Waals surface area contributed by atoms with Crippen molar-refractivity contribution in [3.8, 4) is 0 Å². The fourth-order valence-corrected chi connectivity index (χ4v) is 4.07. The van der Waals surface area contributed by atoms with E-state index in [-0.39, 0.29) is 17.6 Å². The number of carbonyl (C=O) groups is 2. The van der Waals surface area contributed by atoms with Crippen molar-refractivity contribution in [3.63, 3.8) is 0 Å². The molecule has 0 aliphatic carbocycles. The molecule has 0 heterocycles. The molecule has 1 N–H and O–H groups in total. The lowest BCUT2D eigenvalue weighted by atomic mass is 10.1. The highest BCUT2D eigenvalue weighted by Gasteiger charge is 2.28. The third kappa shape index (κ3) is 8.04. The maximum absolute atomic E-state index is 13.1. The van der Waals surface area contributed by atoms with Gasteiger partial charge in [0.25, 0.3) is 0 Å². The number of amides is 2. The highest BCUT2D eigenvalue weighted by molar-refractivity contribution is 8.00. The Labute approximate surface area is 189 Å². The quantitative estimate of drug-likeness (QED) is 0.360. The summed E-state index contributed by atoms with van der Waals surface area (Å²) >= 11 is 7.41. The van der Waals surface area contributed by atoms with Crippen molar-refractivity contribution in [1.82, 2.24) is 10.2 Å². The fraction of sp³-hybridized carbons (Fsp3) is 0.417. The lowest BCUT2D eigenvalue weighted by Gasteiger charge is -2.30. The molecular weight excluding hydrogens is 416 g/mol. The van der Waals surface area contributed by atoms with E-state index >= 15 is 0 Å². The molecule has 0 radical (unpaired) electrons. The van der Waals surface area contributed by atoms with Gasteiger partial charge in [0.1, 0.15) is 6.04 Å². The van der Waals surface area contributed by atoms with Crippen LogP contribution >= 0.6 is 23.4 Å². The van der Waals surface area contributed by atoms with Gasteiger partial charge in [-0.2, -0.15) is 0 Å². The SMILES string of the molecule is CCCCNC(=O)C(CC)N(CCc1ccccc1)C(=O)CSc1ccc(Cl)cc1. The van der Waals surface area contributed by atoms with Gasteiger partial charge in [-0.15, -0.1) is 11.8 Å². The average molecular weight is 447 g/mol. The van der Waals surface area contributed by atoms with E-state index in [0.29, 0.717) is 24.5 Å². The van der Waals surface area contributed by atoms with Gasteiger partial charge in [0, 0.05) is 23.0 Å². The number of hydrogen-bond acceptors (Lipinski definition) is 3. The molecule has 2 aromatic rings. The first kappa shape index (κ1) is 24.3. The summed E-state index contributed by atoms with van der Waals surface area (Å²) in [5.74, 6) is 0.196. The van der Waals surface area contributed by atoms with Crippen molar-refractivity contribution in [2.75, 3.05) is 18.8 Å². The van der Waals surface area contributed by atoms with Crippen LogP contribution < -0.4 is 5.32 Å². The van der Waals surface area contributed by atoms with Crippen LogP contribution in [0.4, 0.5) is 0 Å². The smallest absolute Gasteiger partial charge is 0.242 e. The number of hydrogen-bond donors (Lipinski definition) is 1. The molecule has 0 bridgehead atoms. The van der Waals surface area contributed by atoms with Crippen LogP contribution in [0.1, 0.15) is 38.7 Å². The van der Waals surface area contributed by atoms with Crippen molar-refractivity contribution < 1.29 is 9.59 Å². The molecule has 2 rings (SSSR count). The molecule has 0 saturated carbocycles. The largest absolute Gasteiger partial charge is 0.354 e. The van der Waals surface area contributed by atoms with Gasteiger partial charge >= 0.3 is 0 Å². The number of thioether (sulfide) groups is 1. The molecule has 2 amide bonds. The second kappa shape index (κ2) is 13.3. The molecule has 162 valence electrons. The minimum absolute atomic E-state index is 0.0247. The zero-order chi connectivity index (χ0) is 21.8. The highest BCUT2D eigenvalue weighted by Crippen LogP contribution is 2.21. The second-order valence-corrected chi connectivity index (χ2v) is 8.62. The Bertz CT molecular complexity index is 784. The Hall–Kier alpha value is -1.98. The summed E-state index contributed by atoms with van der Waals surface area (Å²) in [7, 11) is 0. The average Bonchev–Trinajstić information content (AvgIpc) is 2.76. The fourth-order valence-electron chi connectivity index (χ4n) is 3.16. The summed E-state index contributed by atoms with van der Waals surface area (Å²) in [6.07, 6.45) is 3.26. The van der Waals surface area contributed by atoms with E-state index in [9.17, 15) is 9.59 Å². The summed E-state index contributed by atoms with van der Waals surface area (Å²) in [5.41, 5.74) is 1.15. The van der Waals surface area contributed by atoms with Crippen molar-refractivity contribution in [3.05, 3.63) is 65.2 Å². The maximum atomic E-state index is 13.1. The van der Waals surface area contributed by atoms with Gasteiger partial charge in [0.15, 0.2) is 0 Å². The van der Waals surface area contributed by atoms with E-state index in [1.165, 1.54) is 11.8 Å². The van der Waals surface area contributed by atoms with Gasteiger partial charge in [0.2, 0.25) is 11.8 Å². The van der Waals surface area contributed by atoms with E-state index in [1.54, 1.807) is 4.90 Å². The molecule has 0 spiro atoms. The van der Waals surface area contributed by atoms with Gasteiger partial charge in [-0.1, -0.05) is 62.2 Å².